The average Bonchev–Trinajstić information content (AvgIpc) is 3.23. The van der Waals surface area contributed by atoms with Crippen LogP contribution < -0.4 is 5.32 Å². The summed E-state index contributed by atoms with van der Waals surface area (Å²) in [6.07, 6.45) is 0. The minimum absolute atomic E-state index is 0.00353. The summed E-state index contributed by atoms with van der Waals surface area (Å²) in [5, 5.41) is 12.0. The Hall–Kier alpha value is -3.23. The van der Waals surface area contributed by atoms with Crippen LogP contribution in [0.1, 0.15) is 10.4 Å². The van der Waals surface area contributed by atoms with Crippen molar-refractivity contribution in [1.29, 1.82) is 0 Å². The number of sulfone groups is 1. The zero-order chi connectivity index (χ0) is 20.7. The number of carbonyl (C=O) groups excluding carboxylic acids is 1. The largest absolute Gasteiger partial charge is 0.336 e. The first-order chi connectivity index (χ1) is 14.6. The number of fused-ring (bicyclic) bond motifs is 2. The summed E-state index contributed by atoms with van der Waals surface area (Å²) in [6.45, 7) is 2.76. The lowest BCUT2D eigenvalue weighted by Crippen LogP contribution is -2.46. The van der Waals surface area contributed by atoms with Crippen LogP contribution in [-0.4, -0.2) is 55.6 Å². The van der Waals surface area contributed by atoms with Crippen LogP contribution in [0.15, 0.2) is 70.6 Å². The standard InChI is InChI=1S/C22H20N4O3S/c27-22(26-12-10-23-11-13-26)16-8-9-19-18(14-16)21(25-24-19)30(28,29)20-7-3-5-15-4-1-2-6-17(15)20/h1-9,14,23H,10-13H2,(H,24,25). The van der Waals surface area contributed by atoms with Gasteiger partial charge in [0.05, 0.1) is 10.4 Å². The van der Waals surface area contributed by atoms with Gasteiger partial charge >= 0.3 is 0 Å². The van der Waals surface area contributed by atoms with Crippen molar-refractivity contribution in [3.05, 3.63) is 66.2 Å². The molecule has 1 aliphatic rings. The van der Waals surface area contributed by atoms with Crippen LogP contribution in [0.5, 0.6) is 0 Å². The summed E-state index contributed by atoms with van der Waals surface area (Å²) >= 11 is 0. The number of H-pyrrole nitrogens is 1. The van der Waals surface area contributed by atoms with E-state index >= 15 is 0 Å². The topological polar surface area (TPSA) is 95.2 Å². The molecule has 0 saturated carbocycles. The molecule has 0 aliphatic carbocycles. The highest BCUT2D eigenvalue weighted by molar-refractivity contribution is 7.91. The van der Waals surface area contributed by atoms with Crippen LogP contribution in [0.4, 0.5) is 0 Å². The molecule has 2 heterocycles. The molecule has 152 valence electrons. The fraction of sp³-hybridized carbons (Fsp3) is 0.182. The minimum Gasteiger partial charge on any atom is -0.336 e. The van der Waals surface area contributed by atoms with Crippen molar-refractivity contribution >= 4 is 37.4 Å². The van der Waals surface area contributed by atoms with E-state index in [1.807, 2.05) is 24.3 Å². The van der Waals surface area contributed by atoms with Gasteiger partial charge in [-0.1, -0.05) is 36.4 Å². The summed E-state index contributed by atoms with van der Waals surface area (Å²) < 4.78 is 27.1. The molecular formula is C22H20N4O3S. The van der Waals surface area contributed by atoms with Crippen molar-refractivity contribution in [2.75, 3.05) is 26.2 Å². The van der Waals surface area contributed by atoms with Gasteiger partial charge in [0, 0.05) is 42.5 Å². The van der Waals surface area contributed by atoms with Gasteiger partial charge in [0.1, 0.15) is 0 Å². The Kier molecular flexibility index (Phi) is 4.52. The van der Waals surface area contributed by atoms with Crippen molar-refractivity contribution in [3.63, 3.8) is 0 Å². The fourth-order valence-electron chi connectivity index (χ4n) is 3.91. The molecule has 2 N–H and O–H groups in total. The van der Waals surface area contributed by atoms with Gasteiger partial charge in [-0.15, -0.1) is 0 Å². The molecule has 30 heavy (non-hydrogen) atoms. The number of aromatic amines is 1. The van der Waals surface area contributed by atoms with Gasteiger partial charge in [-0.25, -0.2) is 8.42 Å². The molecule has 5 rings (SSSR count). The van der Waals surface area contributed by atoms with Crippen LogP contribution in [0.3, 0.4) is 0 Å². The predicted octanol–water partition coefficient (Wildman–Crippen LogP) is 2.59. The molecule has 3 aromatic carbocycles. The third-order valence-electron chi connectivity index (χ3n) is 5.48. The zero-order valence-electron chi connectivity index (χ0n) is 16.1. The second kappa shape index (κ2) is 7.23. The van der Waals surface area contributed by atoms with E-state index in [0.717, 1.165) is 18.5 Å². The maximum atomic E-state index is 13.5. The number of rotatable bonds is 3. The summed E-state index contributed by atoms with van der Waals surface area (Å²) in [5.41, 5.74) is 0.964. The maximum absolute atomic E-state index is 13.5. The van der Waals surface area contributed by atoms with Gasteiger partial charge in [-0.05, 0) is 29.7 Å². The molecular weight excluding hydrogens is 400 g/mol. The number of aromatic nitrogens is 2. The first-order valence-electron chi connectivity index (χ1n) is 9.77. The Morgan fingerprint density at radius 3 is 2.53 bits per heavy atom. The third kappa shape index (κ3) is 3.05. The lowest BCUT2D eigenvalue weighted by atomic mass is 10.1. The molecule has 1 amide bonds. The second-order valence-electron chi connectivity index (χ2n) is 7.31. The number of hydrogen-bond donors (Lipinski definition) is 2. The van der Waals surface area contributed by atoms with Crippen molar-refractivity contribution < 1.29 is 13.2 Å². The smallest absolute Gasteiger partial charge is 0.253 e. The Bertz CT molecular complexity index is 1370. The normalized spacial score (nSPS) is 15.0. The van der Waals surface area contributed by atoms with Gasteiger partial charge in [-0.2, -0.15) is 5.10 Å². The summed E-state index contributed by atoms with van der Waals surface area (Å²) in [7, 11) is -3.87. The van der Waals surface area contributed by atoms with E-state index < -0.39 is 9.84 Å². The van der Waals surface area contributed by atoms with E-state index in [0.29, 0.717) is 34.9 Å². The van der Waals surface area contributed by atoms with Crippen molar-refractivity contribution in [2.45, 2.75) is 9.92 Å². The molecule has 0 atom stereocenters. The molecule has 0 bridgehead atoms. The number of carbonyl (C=O) groups is 1. The highest BCUT2D eigenvalue weighted by Gasteiger charge is 2.26. The Balaban J connectivity index is 1.62. The summed E-state index contributed by atoms with van der Waals surface area (Å²) in [6, 6.07) is 17.6. The molecule has 7 nitrogen and oxygen atoms in total. The van der Waals surface area contributed by atoms with Crippen molar-refractivity contribution in [2.24, 2.45) is 0 Å². The third-order valence-corrected chi connectivity index (χ3v) is 7.26. The lowest BCUT2D eigenvalue weighted by molar-refractivity contribution is 0.0736. The van der Waals surface area contributed by atoms with E-state index in [1.54, 1.807) is 41.3 Å². The number of piperazine rings is 1. The van der Waals surface area contributed by atoms with Crippen LogP contribution in [0.2, 0.25) is 0 Å². The molecule has 0 unspecified atom stereocenters. The van der Waals surface area contributed by atoms with Crippen LogP contribution >= 0.6 is 0 Å². The van der Waals surface area contributed by atoms with E-state index in [9.17, 15) is 13.2 Å². The number of benzene rings is 3. The van der Waals surface area contributed by atoms with Gasteiger partial charge in [0.2, 0.25) is 9.84 Å². The van der Waals surface area contributed by atoms with Gasteiger partial charge in [-0.3, -0.25) is 9.89 Å². The van der Waals surface area contributed by atoms with Crippen LogP contribution in [-0.2, 0) is 9.84 Å². The summed E-state index contributed by atoms with van der Waals surface area (Å²) in [4.78, 5) is 14.9. The quantitative estimate of drug-likeness (QED) is 0.531. The van der Waals surface area contributed by atoms with E-state index in [4.69, 9.17) is 0 Å². The maximum Gasteiger partial charge on any atom is 0.253 e. The van der Waals surface area contributed by atoms with Gasteiger partial charge in [0.25, 0.3) is 5.91 Å². The Morgan fingerprint density at radius 2 is 1.70 bits per heavy atom. The van der Waals surface area contributed by atoms with E-state index in [2.05, 4.69) is 15.5 Å². The van der Waals surface area contributed by atoms with E-state index in [1.165, 1.54) is 0 Å². The molecule has 8 heteroatoms. The van der Waals surface area contributed by atoms with Crippen LogP contribution in [0.25, 0.3) is 21.7 Å². The SMILES string of the molecule is O=C(c1ccc2n[nH]c(S(=O)(=O)c3cccc4ccccc34)c2c1)N1CCNCC1. The van der Waals surface area contributed by atoms with Gasteiger partial charge in [0.15, 0.2) is 5.03 Å². The molecule has 4 aromatic rings. The van der Waals surface area contributed by atoms with Crippen molar-refractivity contribution in [1.82, 2.24) is 20.4 Å². The highest BCUT2D eigenvalue weighted by atomic mass is 32.2. The monoisotopic (exact) mass is 420 g/mol. The Labute approximate surface area is 173 Å². The predicted molar refractivity (Wildman–Crippen MR) is 114 cm³/mol. The minimum atomic E-state index is -3.87. The molecule has 0 spiro atoms. The second-order valence-corrected chi connectivity index (χ2v) is 9.16. The lowest BCUT2D eigenvalue weighted by Gasteiger charge is -2.27. The first-order valence-corrected chi connectivity index (χ1v) is 11.2. The molecule has 0 radical (unpaired) electrons. The fourth-order valence-corrected chi connectivity index (χ4v) is 5.49. The van der Waals surface area contributed by atoms with Crippen LogP contribution in [0, 0.1) is 0 Å². The van der Waals surface area contributed by atoms with Crippen molar-refractivity contribution in [3.8, 4) is 0 Å². The molecule has 1 saturated heterocycles. The number of nitrogens with one attached hydrogen (secondary N) is 2. The number of hydrogen-bond acceptors (Lipinski definition) is 5. The number of nitrogens with zero attached hydrogens (tertiary/aromatic N) is 2. The van der Waals surface area contributed by atoms with Gasteiger partial charge < -0.3 is 10.2 Å². The molecule has 1 aliphatic heterocycles. The average molecular weight is 420 g/mol. The highest BCUT2D eigenvalue weighted by Crippen LogP contribution is 2.31. The van der Waals surface area contributed by atoms with E-state index in [-0.39, 0.29) is 15.8 Å². The molecule has 1 fully saturated rings. The first kappa shape index (κ1) is 18.8. The Morgan fingerprint density at radius 1 is 0.933 bits per heavy atom. The molecule has 1 aromatic heterocycles. The summed E-state index contributed by atoms with van der Waals surface area (Å²) in [5.74, 6) is -0.104. The zero-order valence-corrected chi connectivity index (χ0v) is 16.9. The number of amides is 1.